The number of benzene rings is 1. The van der Waals surface area contributed by atoms with Gasteiger partial charge in [-0.2, -0.15) is 0 Å². The molecule has 0 radical (unpaired) electrons. The van der Waals surface area contributed by atoms with Crippen LogP contribution in [0.15, 0.2) is 12.1 Å². The second-order valence-corrected chi connectivity index (χ2v) is 5.26. The van der Waals surface area contributed by atoms with Crippen molar-refractivity contribution < 1.29 is 5.11 Å². The van der Waals surface area contributed by atoms with E-state index < -0.39 is 5.60 Å². The minimum absolute atomic E-state index is 0.568. The largest absolute Gasteiger partial charge is 0.385 e. The Balaban J connectivity index is 2.13. The van der Waals surface area contributed by atoms with Gasteiger partial charge in [0.1, 0.15) is 0 Å². The van der Waals surface area contributed by atoms with E-state index in [0.717, 1.165) is 12.8 Å². The first-order chi connectivity index (χ1) is 7.17. The molecule has 0 heterocycles. The zero-order chi connectivity index (χ0) is 10.5. The monoisotopic (exact) mass is 202 g/mol. The molecule has 0 amide bonds. The van der Waals surface area contributed by atoms with Crippen molar-refractivity contribution >= 4 is 0 Å². The van der Waals surface area contributed by atoms with Crippen LogP contribution in [0, 0.1) is 0 Å². The highest BCUT2D eigenvalue weighted by Gasteiger charge is 2.32. The predicted octanol–water partition coefficient (Wildman–Crippen LogP) is 2.72. The zero-order valence-corrected chi connectivity index (χ0v) is 9.34. The lowest BCUT2D eigenvalue weighted by Gasteiger charge is -2.22. The molecule has 0 aromatic heterocycles. The van der Waals surface area contributed by atoms with E-state index >= 15 is 0 Å². The molecule has 0 saturated carbocycles. The van der Waals surface area contributed by atoms with E-state index in [0.29, 0.717) is 0 Å². The lowest BCUT2D eigenvalue weighted by atomic mass is 9.87. The Morgan fingerprint density at radius 2 is 1.67 bits per heavy atom. The molecule has 0 spiro atoms. The van der Waals surface area contributed by atoms with Gasteiger partial charge in [-0.05, 0) is 67.7 Å². The molecule has 0 saturated heterocycles. The molecule has 1 N–H and O–H groups in total. The molecule has 1 heteroatoms. The van der Waals surface area contributed by atoms with E-state index in [1.165, 1.54) is 47.9 Å². The molecule has 1 atom stereocenters. The van der Waals surface area contributed by atoms with Gasteiger partial charge < -0.3 is 5.11 Å². The van der Waals surface area contributed by atoms with E-state index in [2.05, 4.69) is 12.1 Å². The molecule has 0 bridgehead atoms. The minimum atomic E-state index is -0.568. The Hall–Kier alpha value is -0.820. The molecule has 1 unspecified atom stereocenters. The predicted molar refractivity (Wildman–Crippen MR) is 61.0 cm³/mol. The van der Waals surface area contributed by atoms with Crippen molar-refractivity contribution in [2.75, 3.05) is 0 Å². The summed E-state index contributed by atoms with van der Waals surface area (Å²) >= 11 is 0. The van der Waals surface area contributed by atoms with Gasteiger partial charge in [0.05, 0.1) is 5.60 Å². The fourth-order valence-corrected chi connectivity index (χ4v) is 3.06. The smallest absolute Gasteiger partial charge is 0.0874 e. The van der Waals surface area contributed by atoms with Crippen molar-refractivity contribution in [1.82, 2.24) is 0 Å². The first kappa shape index (κ1) is 9.41. The van der Waals surface area contributed by atoms with Crippen LogP contribution in [0.1, 0.15) is 48.4 Å². The van der Waals surface area contributed by atoms with Crippen molar-refractivity contribution in [2.24, 2.45) is 0 Å². The summed E-state index contributed by atoms with van der Waals surface area (Å²) in [5.74, 6) is 0. The molecule has 80 valence electrons. The fourth-order valence-electron chi connectivity index (χ4n) is 3.06. The average Bonchev–Trinajstić information content (AvgIpc) is 2.52. The van der Waals surface area contributed by atoms with E-state index in [1.54, 1.807) is 0 Å². The van der Waals surface area contributed by atoms with Gasteiger partial charge in [0.15, 0.2) is 0 Å². The van der Waals surface area contributed by atoms with Crippen LogP contribution in [0.4, 0.5) is 0 Å². The third-order valence-electron chi connectivity index (χ3n) is 4.03. The van der Waals surface area contributed by atoms with Gasteiger partial charge in [-0.1, -0.05) is 12.1 Å². The zero-order valence-electron chi connectivity index (χ0n) is 9.34. The summed E-state index contributed by atoms with van der Waals surface area (Å²) in [6.45, 7) is 1.95. The van der Waals surface area contributed by atoms with Crippen molar-refractivity contribution in [3.63, 3.8) is 0 Å². The maximum absolute atomic E-state index is 10.2. The second kappa shape index (κ2) is 3.08. The third kappa shape index (κ3) is 1.41. The number of aliphatic hydroxyl groups is 1. The SMILES string of the molecule is CC1(O)CCc2cc3c(cc21)CCCC3. The molecule has 2 aliphatic rings. The van der Waals surface area contributed by atoms with Crippen LogP contribution < -0.4 is 0 Å². The third-order valence-corrected chi connectivity index (χ3v) is 4.03. The Bertz CT molecular complexity index is 404. The van der Waals surface area contributed by atoms with Crippen LogP contribution in [0.3, 0.4) is 0 Å². The van der Waals surface area contributed by atoms with Gasteiger partial charge in [-0.3, -0.25) is 0 Å². The number of aryl methyl sites for hydroxylation is 3. The maximum atomic E-state index is 10.2. The second-order valence-electron chi connectivity index (χ2n) is 5.26. The lowest BCUT2D eigenvalue weighted by Crippen LogP contribution is -2.17. The van der Waals surface area contributed by atoms with Crippen LogP contribution in [-0.2, 0) is 24.9 Å². The van der Waals surface area contributed by atoms with Gasteiger partial charge in [0, 0.05) is 0 Å². The highest BCUT2D eigenvalue weighted by Crippen LogP contribution is 2.39. The topological polar surface area (TPSA) is 20.2 Å². The average molecular weight is 202 g/mol. The highest BCUT2D eigenvalue weighted by molar-refractivity contribution is 5.45. The Morgan fingerprint density at radius 3 is 2.40 bits per heavy atom. The summed E-state index contributed by atoms with van der Waals surface area (Å²) in [7, 11) is 0. The molecule has 3 rings (SSSR count). The van der Waals surface area contributed by atoms with E-state index in [-0.39, 0.29) is 0 Å². The number of hydrogen-bond acceptors (Lipinski definition) is 1. The molecular formula is C14H18O. The minimum Gasteiger partial charge on any atom is -0.385 e. The maximum Gasteiger partial charge on any atom is 0.0874 e. The molecule has 2 aliphatic carbocycles. The summed E-state index contributed by atoms with van der Waals surface area (Å²) in [5, 5.41) is 10.2. The molecule has 1 aromatic rings. The van der Waals surface area contributed by atoms with Gasteiger partial charge in [-0.15, -0.1) is 0 Å². The van der Waals surface area contributed by atoms with E-state index in [1.807, 2.05) is 6.92 Å². The number of fused-ring (bicyclic) bond motifs is 2. The van der Waals surface area contributed by atoms with Crippen LogP contribution in [0.2, 0.25) is 0 Å². The van der Waals surface area contributed by atoms with Crippen molar-refractivity contribution in [1.29, 1.82) is 0 Å². The summed E-state index contributed by atoms with van der Waals surface area (Å²) in [5.41, 5.74) is 5.05. The number of hydrogen-bond donors (Lipinski definition) is 1. The van der Waals surface area contributed by atoms with Crippen molar-refractivity contribution in [2.45, 2.75) is 51.0 Å². The van der Waals surface area contributed by atoms with Crippen molar-refractivity contribution in [3.8, 4) is 0 Å². The Morgan fingerprint density at radius 1 is 1.00 bits per heavy atom. The van der Waals surface area contributed by atoms with Gasteiger partial charge in [0.2, 0.25) is 0 Å². The summed E-state index contributed by atoms with van der Waals surface area (Å²) in [6, 6.07) is 4.63. The molecule has 0 fully saturated rings. The first-order valence-corrected chi connectivity index (χ1v) is 6.04. The lowest BCUT2D eigenvalue weighted by molar-refractivity contribution is 0.0594. The number of rotatable bonds is 0. The first-order valence-electron chi connectivity index (χ1n) is 6.04. The normalized spacial score (nSPS) is 28.7. The summed E-state index contributed by atoms with van der Waals surface area (Å²) < 4.78 is 0. The molecule has 15 heavy (non-hydrogen) atoms. The van der Waals surface area contributed by atoms with Crippen LogP contribution in [0.25, 0.3) is 0 Å². The molecular weight excluding hydrogens is 184 g/mol. The van der Waals surface area contributed by atoms with Crippen LogP contribution in [0.5, 0.6) is 0 Å². The Labute approximate surface area is 91.1 Å². The Kier molecular flexibility index (Phi) is 1.93. The van der Waals surface area contributed by atoms with Crippen molar-refractivity contribution in [3.05, 3.63) is 34.4 Å². The highest BCUT2D eigenvalue weighted by atomic mass is 16.3. The quantitative estimate of drug-likeness (QED) is 0.686. The van der Waals surface area contributed by atoms with Crippen LogP contribution in [-0.4, -0.2) is 5.11 Å². The summed E-state index contributed by atoms with van der Waals surface area (Å²) in [4.78, 5) is 0. The molecule has 1 aromatic carbocycles. The molecule has 1 nitrogen and oxygen atoms in total. The van der Waals surface area contributed by atoms with E-state index in [9.17, 15) is 5.11 Å². The fraction of sp³-hybridized carbons (Fsp3) is 0.571. The van der Waals surface area contributed by atoms with Crippen LogP contribution >= 0.6 is 0 Å². The molecule has 0 aliphatic heterocycles. The van der Waals surface area contributed by atoms with Gasteiger partial charge in [-0.25, -0.2) is 0 Å². The van der Waals surface area contributed by atoms with Gasteiger partial charge >= 0.3 is 0 Å². The summed E-state index contributed by atoms with van der Waals surface area (Å²) in [6.07, 6.45) is 7.04. The van der Waals surface area contributed by atoms with E-state index in [4.69, 9.17) is 0 Å². The van der Waals surface area contributed by atoms with Gasteiger partial charge in [0.25, 0.3) is 0 Å². The standard InChI is InChI=1S/C14H18O/c1-14(15)7-6-12-8-10-4-2-3-5-11(10)9-13(12)14/h8-9,15H,2-7H2,1H3.